The standard InChI is InChI=1S/C17H21F3N4O/c1-15(2)10-5-6-16(15,3)13-11(10)14(25)24(23(13)4)8-9-7-21-22-12(9)17(18,19)20/h7,10H,5-6,8H2,1-4H3,(H,21,22). The van der Waals surface area contributed by atoms with Crippen LogP contribution in [-0.4, -0.2) is 19.6 Å². The third-order valence-electron chi connectivity index (χ3n) is 6.81. The molecule has 4 rings (SSSR count). The van der Waals surface area contributed by atoms with Gasteiger partial charge in [0.25, 0.3) is 5.56 Å². The highest BCUT2D eigenvalue weighted by molar-refractivity contribution is 5.45. The molecule has 1 saturated carbocycles. The number of fused-ring (bicyclic) bond motifs is 5. The third kappa shape index (κ3) is 1.85. The van der Waals surface area contributed by atoms with Crippen LogP contribution in [0.1, 0.15) is 62.0 Å². The molecule has 2 bridgehead atoms. The van der Waals surface area contributed by atoms with Gasteiger partial charge in [-0.05, 0) is 24.2 Å². The molecule has 0 amide bonds. The molecule has 2 aliphatic rings. The molecule has 0 saturated heterocycles. The van der Waals surface area contributed by atoms with Crippen LogP contribution in [0.15, 0.2) is 11.0 Å². The summed E-state index contributed by atoms with van der Waals surface area (Å²) >= 11 is 0. The van der Waals surface area contributed by atoms with Gasteiger partial charge >= 0.3 is 6.18 Å². The molecular formula is C17H21F3N4O. The normalized spacial score (nSPS) is 27.1. The molecule has 2 aromatic heterocycles. The highest BCUT2D eigenvalue weighted by Gasteiger charge is 2.62. The highest BCUT2D eigenvalue weighted by atomic mass is 19.4. The fraction of sp³-hybridized carbons (Fsp3) is 0.647. The Morgan fingerprint density at radius 1 is 1.36 bits per heavy atom. The van der Waals surface area contributed by atoms with Gasteiger partial charge in [-0.1, -0.05) is 20.8 Å². The van der Waals surface area contributed by atoms with Gasteiger partial charge in [0.15, 0.2) is 5.69 Å². The first-order valence-electron chi connectivity index (χ1n) is 8.40. The second kappa shape index (κ2) is 4.59. The number of aromatic amines is 1. The maximum atomic E-state index is 13.1. The van der Waals surface area contributed by atoms with E-state index in [1.807, 2.05) is 0 Å². The molecule has 2 atom stereocenters. The number of hydrogen-bond acceptors (Lipinski definition) is 2. The van der Waals surface area contributed by atoms with Crippen LogP contribution >= 0.6 is 0 Å². The van der Waals surface area contributed by atoms with Crippen LogP contribution in [0.5, 0.6) is 0 Å². The van der Waals surface area contributed by atoms with Crippen molar-refractivity contribution in [1.82, 2.24) is 19.6 Å². The summed E-state index contributed by atoms with van der Waals surface area (Å²) in [6, 6.07) is 0. The lowest BCUT2D eigenvalue weighted by Crippen LogP contribution is -2.35. The Hall–Kier alpha value is -1.99. The average molecular weight is 354 g/mol. The first-order valence-corrected chi connectivity index (χ1v) is 8.40. The molecule has 5 nitrogen and oxygen atoms in total. The van der Waals surface area contributed by atoms with Gasteiger partial charge in [-0.3, -0.25) is 14.6 Å². The van der Waals surface area contributed by atoms with E-state index in [2.05, 4.69) is 31.0 Å². The van der Waals surface area contributed by atoms with Gasteiger partial charge in [-0.2, -0.15) is 18.3 Å². The fourth-order valence-corrected chi connectivity index (χ4v) is 5.09. The molecule has 136 valence electrons. The van der Waals surface area contributed by atoms with Gasteiger partial charge in [0.2, 0.25) is 0 Å². The molecule has 2 heterocycles. The molecule has 0 aromatic carbocycles. The van der Waals surface area contributed by atoms with Gasteiger partial charge in [-0.25, -0.2) is 4.68 Å². The van der Waals surface area contributed by atoms with Crippen LogP contribution in [0, 0.1) is 5.41 Å². The van der Waals surface area contributed by atoms with Crippen molar-refractivity contribution in [2.45, 2.75) is 57.7 Å². The second-order valence-electron chi connectivity index (χ2n) is 8.05. The zero-order valence-electron chi connectivity index (χ0n) is 14.7. The van der Waals surface area contributed by atoms with Crippen molar-refractivity contribution in [3.05, 3.63) is 39.1 Å². The second-order valence-corrected chi connectivity index (χ2v) is 8.05. The number of halogens is 3. The average Bonchev–Trinajstić information content (AvgIpc) is 3.16. The predicted octanol–water partition coefficient (Wildman–Crippen LogP) is 3.15. The monoisotopic (exact) mass is 354 g/mol. The first kappa shape index (κ1) is 16.5. The number of hydrogen-bond donors (Lipinski definition) is 1. The van der Waals surface area contributed by atoms with Crippen LogP contribution in [0.4, 0.5) is 13.2 Å². The fourth-order valence-electron chi connectivity index (χ4n) is 5.09. The Morgan fingerprint density at radius 3 is 2.64 bits per heavy atom. The summed E-state index contributed by atoms with van der Waals surface area (Å²) in [6.07, 6.45) is -1.38. The Balaban J connectivity index is 1.84. The molecule has 1 fully saturated rings. The molecule has 8 heteroatoms. The van der Waals surface area contributed by atoms with Crippen molar-refractivity contribution in [2.24, 2.45) is 12.5 Å². The molecular weight excluding hydrogens is 333 g/mol. The summed E-state index contributed by atoms with van der Waals surface area (Å²) in [7, 11) is 1.77. The molecule has 2 aliphatic carbocycles. The van der Waals surface area contributed by atoms with Gasteiger partial charge < -0.3 is 0 Å². The Labute approximate surface area is 142 Å². The summed E-state index contributed by atoms with van der Waals surface area (Å²) < 4.78 is 42.4. The highest BCUT2D eigenvalue weighted by Crippen LogP contribution is 2.66. The van der Waals surface area contributed by atoms with Crippen molar-refractivity contribution in [3.63, 3.8) is 0 Å². The molecule has 0 radical (unpaired) electrons. The Morgan fingerprint density at radius 2 is 2.04 bits per heavy atom. The van der Waals surface area contributed by atoms with Crippen LogP contribution in [0.2, 0.25) is 0 Å². The Kier molecular flexibility index (Phi) is 3.02. The minimum absolute atomic E-state index is 0.0134. The number of alkyl halides is 3. The molecule has 2 unspecified atom stereocenters. The maximum absolute atomic E-state index is 13.1. The minimum atomic E-state index is -4.54. The van der Waals surface area contributed by atoms with Gasteiger partial charge in [0, 0.05) is 29.8 Å². The first-order chi connectivity index (χ1) is 11.5. The van der Waals surface area contributed by atoms with Crippen LogP contribution in [0.25, 0.3) is 0 Å². The lowest BCUT2D eigenvalue weighted by Gasteiger charge is -2.36. The summed E-state index contributed by atoms with van der Waals surface area (Å²) in [5, 5.41) is 5.58. The SMILES string of the molecule is Cn1c2c(c(=O)n1Cc1c[nH]nc1C(F)(F)F)C1CCC2(C)C1(C)C. The van der Waals surface area contributed by atoms with E-state index in [9.17, 15) is 18.0 Å². The van der Waals surface area contributed by atoms with E-state index in [0.29, 0.717) is 0 Å². The number of nitrogens with zero attached hydrogens (tertiary/aromatic N) is 3. The Bertz CT molecular complexity index is 917. The van der Waals surface area contributed by atoms with E-state index >= 15 is 0 Å². The van der Waals surface area contributed by atoms with E-state index in [4.69, 9.17) is 0 Å². The minimum Gasteiger partial charge on any atom is -0.289 e. The summed E-state index contributed by atoms with van der Waals surface area (Å²) in [4.78, 5) is 13.0. The van der Waals surface area contributed by atoms with Crippen LogP contribution < -0.4 is 5.56 Å². The number of nitrogens with one attached hydrogen (secondary N) is 1. The number of aromatic nitrogens is 4. The smallest absolute Gasteiger partial charge is 0.289 e. The third-order valence-corrected chi connectivity index (χ3v) is 6.81. The maximum Gasteiger partial charge on any atom is 0.435 e. The van der Waals surface area contributed by atoms with E-state index in [1.165, 1.54) is 10.9 Å². The van der Waals surface area contributed by atoms with Gasteiger partial charge in [-0.15, -0.1) is 0 Å². The quantitative estimate of drug-likeness (QED) is 0.901. The van der Waals surface area contributed by atoms with E-state index in [-0.39, 0.29) is 34.4 Å². The molecule has 1 N–H and O–H groups in total. The number of H-pyrrole nitrogens is 1. The topological polar surface area (TPSA) is 55.6 Å². The van der Waals surface area contributed by atoms with Gasteiger partial charge in [0.1, 0.15) is 0 Å². The van der Waals surface area contributed by atoms with Crippen molar-refractivity contribution < 1.29 is 13.2 Å². The van der Waals surface area contributed by atoms with Crippen LogP contribution in [0.3, 0.4) is 0 Å². The lowest BCUT2D eigenvalue weighted by molar-refractivity contribution is -0.141. The van der Waals surface area contributed by atoms with E-state index in [1.54, 1.807) is 11.7 Å². The molecule has 0 spiro atoms. The van der Waals surface area contributed by atoms with Crippen molar-refractivity contribution in [1.29, 1.82) is 0 Å². The molecule has 25 heavy (non-hydrogen) atoms. The zero-order chi connectivity index (χ0) is 18.4. The lowest BCUT2D eigenvalue weighted by atomic mass is 9.70. The summed E-state index contributed by atoms with van der Waals surface area (Å²) in [6.45, 7) is 6.40. The van der Waals surface area contributed by atoms with Crippen molar-refractivity contribution >= 4 is 0 Å². The molecule has 0 aliphatic heterocycles. The predicted molar refractivity (Wildman–Crippen MR) is 85.5 cm³/mol. The molecule has 2 aromatic rings. The van der Waals surface area contributed by atoms with E-state index < -0.39 is 11.9 Å². The van der Waals surface area contributed by atoms with Crippen molar-refractivity contribution in [3.8, 4) is 0 Å². The van der Waals surface area contributed by atoms with Crippen molar-refractivity contribution in [2.75, 3.05) is 0 Å². The summed E-state index contributed by atoms with van der Waals surface area (Å²) in [5.74, 6) is 0.166. The zero-order valence-corrected chi connectivity index (χ0v) is 14.7. The van der Waals surface area contributed by atoms with Gasteiger partial charge in [0.05, 0.1) is 12.2 Å². The largest absolute Gasteiger partial charge is 0.435 e. The summed E-state index contributed by atoms with van der Waals surface area (Å²) in [5.41, 5.74) is 0.471. The van der Waals surface area contributed by atoms with E-state index in [0.717, 1.165) is 24.1 Å². The van der Waals surface area contributed by atoms with Crippen LogP contribution in [-0.2, 0) is 25.2 Å². The number of rotatable bonds is 2.